The second-order valence-corrected chi connectivity index (χ2v) is 5.21. The first-order chi connectivity index (χ1) is 10.1. The van der Waals surface area contributed by atoms with Crippen LogP contribution in [0.2, 0.25) is 0 Å². The average molecular weight is 289 g/mol. The minimum Gasteiger partial charge on any atom is -0.386 e. The molecule has 110 valence electrons. The van der Waals surface area contributed by atoms with E-state index >= 15 is 0 Å². The number of aliphatic hydroxyl groups is 1. The first kappa shape index (κ1) is 13.7. The number of hydrogen-bond donors (Lipinski definition) is 2. The molecule has 0 saturated carbocycles. The molecule has 0 amide bonds. The minimum absolute atomic E-state index is 0.0439. The van der Waals surface area contributed by atoms with E-state index in [2.05, 4.69) is 10.3 Å². The predicted octanol–water partition coefficient (Wildman–Crippen LogP) is 1.71. The van der Waals surface area contributed by atoms with E-state index in [4.69, 9.17) is 4.74 Å². The Hall–Kier alpha value is -2.25. The molecular formula is C14H15N3O4. The maximum atomic E-state index is 10.7. The molecule has 7 nitrogen and oxygen atoms in total. The molecule has 2 heterocycles. The van der Waals surface area contributed by atoms with Gasteiger partial charge in [0.25, 0.3) is 5.69 Å². The normalized spacial score (nSPS) is 21.6. The summed E-state index contributed by atoms with van der Waals surface area (Å²) in [4.78, 5) is 14.7. The third kappa shape index (κ3) is 2.93. The molecule has 2 N–H and O–H groups in total. The molecule has 1 saturated heterocycles. The van der Waals surface area contributed by atoms with Crippen LogP contribution in [0.4, 0.5) is 11.5 Å². The molecule has 0 bridgehead atoms. The lowest BCUT2D eigenvalue weighted by molar-refractivity contribution is -0.384. The Morgan fingerprint density at radius 2 is 2.29 bits per heavy atom. The van der Waals surface area contributed by atoms with Crippen LogP contribution in [0.3, 0.4) is 0 Å². The number of pyridine rings is 1. The van der Waals surface area contributed by atoms with Gasteiger partial charge in [0, 0.05) is 37.1 Å². The SMILES string of the molecule is O=[N+]([O-])c1ccc2nc(NCC3(O)CCOC3)ccc2c1. The highest BCUT2D eigenvalue weighted by Gasteiger charge is 2.31. The van der Waals surface area contributed by atoms with Crippen molar-refractivity contribution in [3.05, 3.63) is 40.4 Å². The summed E-state index contributed by atoms with van der Waals surface area (Å²) < 4.78 is 5.18. The lowest BCUT2D eigenvalue weighted by Gasteiger charge is -2.21. The molecule has 0 radical (unpaired) electrons. The molecular weight excluding hydrogens is 274 g/mol. The van der Waals surface area contributed by atoms with E-state index in [-0.39, 0.29) is 5.69 Å². The fourth-order valence-electron chi connectivity index (χ4n) is 2.32. The van der Waals surface area contributed by atoms with Crippen LogP contribution in [0, 0.1) is 10.1 Å². The highest BCUT2D eigenvalue weighted by Crippen LogP contribution is 2.22. The molecule has 0 aliphatic carbocycles. The summed E-state index contributed by atoms with van der Waals surface area (Å²) in [6.07, 6.45) is 0.597. The monoisotopic (exact) mass is 289 g/mol. The van der Waals surface area contributed by atoms with Crippen molar-refractivity contribution in [2.45, 2.75) is 12.0 Å². The molecule has 1 aromatic heterocycles. The third-order valence-electron chi connectivity index (χ3n) is 3.56. The first-order valence-corrected chi connectivity index (χ1v) is 6.65. The van der Waals surface area contributed by atoms with Crippen molar-refractivity contribution in [1.29, 1.82) is 0 Å². The van der Waals surface area contributed by atoms with Crippen molar-refractivity contribution in [3.8, 4) is 0 Å². The van der Waals surface area contributed by atoms with Crippen LogP contribution >= 0.6 is 0 Å². The zero-order valence-electron chi connectivity index (χ0n) is 11.3. The summed E-state index contributed by atoms with van der Waals surface area (Å²) in [7, 11) is 0. The molecule has 1 atom stereocenters. The molecule has 1 fully saturated rings. The van der Waals surface area contributed by atoms with Gasteiger partial charge in [-0.05, 0) is 18.2 Å². The van der Waals surface area contributed by atoms with E-state index < -0.39 is 10.5 Å². The third-order valence-corrected chi connectivity index (χ3v) is 3.56. The van der Waals surface area contributed by atoms with Crippen molar-refractivity contribution in [3.63, 3.8) is 0 Å². The molecule has 1 aliphatic heterocycles. The topological polar surface area (TPSA) is 97.5 Å². The Bertz CT molecular complexity index is 683. The largest absolute Gasteiger partial charge is 0.386 e. The van der Waals surface area contributed by atoms with Gasteiger partial charge in [-0.2, -0.15) is 0 Å². The number of aromatic nitrogens is 1. The van der Waals surface area contributed by atoms with E-state index in [1.807, 2.05) is 0 Å². The molecule has 21 heavy (non-hydrogen) atoms. The van der Waals surface area contributed by atoms with Crippen molar-refractivity contribution in [2.24, 2.45) is 0 Å². The maximum absolute atomic E-state index is 10.7. The van der Waals surface area contributed by atoms with Crippen molar-refractivity contribution < 1.29 is 14.8 Å². The average Bonchev–Trinajstić information content (AvgIpc) is 2.91. The second-order valence-electron chi connectivity index (χ2n) is 5.21. The Morgan fingerprint density at radius 1 is 1.43 bits per heavy atom. The summed E-state index contributed by atoms with van der Waals surface area (Å²) >= 11 is 0. The lowest BCUT2D eigenvalue weighted by atomic mass is 10.0. The van der Waals surface area contributed by atoms with Crippen LogP contribution < -0.4 is 5.32 Å². The highest BCUT2D eigenvalue weighted by atomic mass is 16.6. The number of fused-ring (bicyclic) bond motifs is 1. The van der Waals surface area contributed by atoms with E-state index in [9.17, 15) is 15.2 Å². The first-order valence-electron chi connectivity index (χ1n) is 6.65. The van der Waals surface area contributed by atoms with E-state index in [0.717, 1.165) is 0 Å². The van der Waals surface area contributed by atoms with Gasteiger partial charge in [0.05, 0.1) is 17.0 Å². The van der Waals surface area contributed by atoms with Crippen molar-refractivity contribution in [2.75, 3.05) is 25.1 Å². The van der Waals surface area contributed by atoms with Crippen LogP contribution in [-0.2, 0) is 4.74 Å². The molecule has 3 rings (SSSR count). The quantitative estimate of drug-likeness (QED) is 0.657. The van der Waals surface area contributed by atoms with Crippen LogP contribution in [-0.4, -0.2) is 40.4 Å². The Morgan fingerprint density at radius 3 is 3.00 bits per heavy atom. The summed E-state index contributed by atoms with van der Waals surface area (Å²) in [5.41, 5.74) is -0.144. The Balaban J connectivity index is 1.78. The van der Waals surface area contributed by atoms with E-state index in [1.165, 1.54) is 12.1 Å². The highest BCUT2D eigenvalue weighted by molar-refractivity contribution is 5.82. The fraction of sp³-hybridized carbons (Fsp3) is 0.357. The van der Waals surface area contributed by atoms with E-state index in [1.54, 1.807) is 18.2 Å². The Kier molecular flexibility index (Phi) is 3.44. The smallest absolute Gasteiger partial charge is 0.270 e. The van der Waals surface area contributed by atoms with Crippen LogP contribution in [0.15, 0.2) is 30.3 Å². The number of ether oxygens (including phenoxy) is 1. The van der Waals surface area contributed by atoms with Gasteiger partial charge in [0.15, 0.2) is 0 Å². The number of anilines is 1. The minimum atomic E-state index is -0.855. The van der Waals surface area contributed by atoms with Crippen LogP contribution in [0.25, 0.3) is 10.9 Å². The number of benzene rings is 1. The number of nitrogens with one attached hydrogen (secondary N) is 1. The second kappa shape index (κ2) is 5.27. The standard InChI is InChI=1S/C14H15N3O4/c18-14(5-6-21-9-14)8-15-13-4-1-10-7-11(17(19)20)2-3-12(10)16-13/h1-4,7,18H,5-6,8-9H2,(H,15,16). The van der Waals surface area contributed by atoms with Gasteiger partial charge in [-0.3, -0.25) is 10.1 Å². The Labute approximate surface area is 120 Å². The number of nitro groups is 1. The number of rotatable bonds is 4. The molecule has 7 heteroatoms. The van der Waals surface area contributed by atoms with Gasteiger partial charge in [0.2, 0.25) is 0 Å². The van der Waals surface area contributed by atoms with Gasteiger partial charge >= 0.3 is 0 Å². The summed E-state index contributed by atoms with van der Waals surface area (Å²) in [5, 5.41) is 24.7. The number of non-ortho nitro benzene ring substituents is 1. The van der Waals surface area contributed by atoms with Crippen molar-refractivity contribution in [1.82, 2.24) is 4.98 Å². The predicted molar refractivity (Wildman–Crippen MR) is 77.3 cm³/mol. The number of nitro benzene ring substituents is 1. The summed E-state index contributed by atoms with van der Waals surface area (Å²) in [6, 6.07) is 8.05. The number of nitrogens with zero attached hydrogens (tertiary/aromatic N) is 2. The van der Waals surface area contributed by atoms with Gasteiger partial charge in [-0.1, -0.05) is 0 Å². The molecule has 1 aromatic carbocycles. The summed E-state index contributed by atoms with van der Waals surface area (Å²) in [6.45, 7) is 1.24. The van der Waals surface area contributed by atoms with Gasteiger partial charge in [-0.25, -0.2) is 4.98 Å². The molecule has 2 aromatic rings. The maximum Gasteiger partial charge on any atom is 0.270 e. The van der Waals surface area contributed by atoms with Gasteiger partial charge in [0.1, 0.15) is 11.4 Å². The van der Waals surface area contributed by atoms with Crippen molar-refractivity contribution >= 4 is 22.4 Å². The van der Waals surface area contributed by atoms with Crippen LogP contribution in [0.1, 0.15) is 6.42 Å². The van der Waals surface area contributed by atoms with Gasteiger partial charge < -0.3 is 15.2 Å². The molecule has 0 spiro atoms. The molecule has 1 unspecified atom stereocenters. The summed E-state index contributed by atoms with van der Waals surface area (Å²) in [5.74, 6) is 0.622. The van der Waals surface area contributed by atoms with Gasteiger partial charge in [-0.15, -0.1) is 0 Å². The zero-order valence-corrected chi connectivity index (χ0v) is 11.3. The van der Waals surface area contributed by atoms with Crippen LogP contribution in [0.5, 0.6) is 0 Å². The van der Waals surface area contributed by atoms with E-state index in [0.29, 0.717) is 42.9 Å². The fourth-order valence-corrected chi connectivity index (χ4v) is 2.32. The molecule has 1 aliphatic rings. The zero-order chi connectivity index (χ0) is 14.9. The lowest BCUT2D eigenvalue weighted by Crippen LogP contribution is -2.37. The number of hydrogen-bond acceptors (Lipinski definition) is 6.